The first-order valence-corrected chi connectivity index (χ1v) is 7.70. The number of rotatable bonds is 5. The third kappa shape index (κ3) is 3.64. The lowest BCUT2D eigenvalue weighted by atomic mass is 10.1. The van der Waals surface area contributed by atoms with Crippen LogP contribution in [0.15, 0.2) is 40.0 Å². The van der Waals surface area contributed by atoms with E-state index in [2.05, 4.69) is 24.0 Å². The van der Waals surface area contributed by atoms with Crippen molar-refractivity contribution < 1.29 is 12.9 Å². The monoisotopic (exact) mass is 280 g/mol. The minimum absolute atomic E-state index is 0.166. The van der Waals surface area contributed by atoms with Gasteiger partial charge in [-0.05, 0) is 18.1 Å². The van der Waals surface area contributed by atoms with E-state index in [4.69, 9.17) is 4.52 Å². The highest BCUT2D eigenvalue weighted by atomic mass is 32.2. The van der Waals surface area contributed by atoms with Crippen molar-refractivity contribution in [1.29, 1.82) is 0 Å². The van der Waals surface area contributed by atoms with Crippen LogP contribution in [-0.4, -0.2) is 18.6 Å². The average Bonchev–Trinajstić information content (AvgIpc) is 2.76. The molecule has 2 aromatic rings. The standard InChI is InChI=1S/C13H16N2O3S/c1-10(2)6-12-7-11(15-18-12)9-19(16,17)13-4-3-5-14-8-13/h3-5,7-8,10H,6,9H2,1-2H3. The van der Waals surface area contributed by atoms with Gasteiger partial charge in [-0.15, -0.1) is 0 Å². The normalized spacial score (nSPS) is 11.9. The van der Waals surface area contributed by atoms with Crippen LogP contribution < -0.4 is 0 Å². The second kappa shape index (κ2) is 5.52. The summed E-state index contributed by atoms with van der Waals surface area (Å²) in [6.07, 6.45) is 3.63. The van der Waals surface area contributed by atoms with Gasteiger partial charge in [-0.2, -0.15) is 0 Å². The molecule has 2 aromatic heterocycles. The molecule has 0 saturated carbocycles. The Morgan fingerprint density at radius 2 is 2.16 bits per heavy atom. The number of pyridine rings is 1. The van der Waals surface area contributed by atoms with Crippen molar-refractivity contribution >= 4 is 9.84 Å². The summed E-state index contributed by atoms with van der Waals surface area (Å²) in [5.74, 6) is 0.988. The lowest BCUT2D eigenvalue weighted by Gasteiger charge is -2.00. The predicted molar refractivity (Wildman–Crippen MR) is 70.2 cm³/mol. The molecule has 0 aromatic carbocycles. The molecule has 0 spiro atoms. The van der Waals surface area contributed by atoms with Gasteiger partial charge in [-0.3, -0.25) is 4.98 Å². The Bertz CT molecular complexity index is 633. The zero-order valence-electron chi connectivity index (χ0n) is 10.9. The van der Waals surface area contributed by atoms with Crippen molar-refractivity contribution in [2.45, 2.75) is 30.9 Å². The molecule has 0 unspecified atom stereocenters. The van der Waals surface area contributed by atoms with E-state index in [0.29, 0.717) is 17.4 Å². The topological polar surface area (TPSA) is 73.1 Å². The summed E-state index contributed by atoms with van der Waals surface area (Å²) in [7, 11) is -3.41. The molecule has 0 aliphatic rings. The van der Waals surface area contributed by atoms with Gasteiger partial charge in [0.2, 0.25) is 0 Å². The molecule has 0 N–H and O–H groups in total. The Kier molecular flexibility index (Phi) is 3.99. The molecule has 0 saturated heterocycles. The van der Waals surface area contributed by atoms with E-state index in [1.807, 2.05) is 0 Å². The van der Waals surface area contributed by atoms with Crippen molar-refractivity contribution in [2.24, 2.45) is 5.92 Å². The molecule has 2 rings (SSSR count). The van der Waals surface area contributed by atoms with Gasteiger partial charge in [-0.25, -0.2) is 8.42 Å². The van der Waals surface area contributed by atoms with Crippen molar-refractivity contribution in [3.63, 3.8) is 0 Å². The molecule has 102 valence electrons. The van der Waals surface area contributed by atoms with Crippen LogP contribution in [0.5, 0.6) is 0 Å². The van der Waals surface area contributed by atoms with Crippen LogP contribution in [0.2, 0.25) is 0 Å². The smallest absolute Gasteiger partial charge is 0.185 e. The number of aromatic nitrogens is 2. The first kappa shape index (κ1) is 13.7. The second-order valence-corrected chi connectivity index (χ2v) is 6.82. The molecule has 0 bridgehead atoms. The van der Waals surface area contributed by atoms with Gasteiger partial charge in [0.1, 0.15) is 11.5 Å². The SMILES string of the molecule is CC(C)Cc1cc(CS(=O)(=O)c2cccnc2)no1. The highest BCUT2D eigenvalue weighted by Crippen LogP contribution is 2.16. The highest BCUT2D eigenvalue weighted by Gasteiger charge is 2.18. The van der Waals surface area contributed by atoms with Gasteiger partial charge in [0, 0.05) is 24.9 Å². The van der Waals surface area contributed by atoms with E-state index in [9.17, 15) is 8.42 Å². The maximum absolute atomic E-state index is 12.1. The van der Waals surface area contributed by atoms with Gasteiger partial charge in [-0.1, -0.05) is 19.0 Å². The summed E-state index contributed by atoms with van der Waals surface area (Å²) in [6.45, 7) is 4.13. The molecule has 0 atom stereocenters. The molecule has 2 heterocycles. The number of nitrogens with zero attached hydrogens (tertiary/aromatic N) is 2. The van der Waals surface area contributed by atoms with Crippen LogP contribution in [-0.2, 0) is 22.0 Å². The maximum atomic E-state index is 12.1. The molecule has 0 fully saturated rings. The summed E-state index contributed by atoms with van der Waals surface area (Å²) < 4.78 is 29.3. The molecule has 0 aliphatic carbocycles. The van der Waals surface area contributed by atoms with Gasteiger partial charge in [0.25, 0.3) is 0 Å². The first-order chi connectivity index (χ1) is 8.97. The molecule has 5 nitrogen and oxygen atoms in total. The largest absolute Gasteiger partial charge is 0.361 e. The van der Waals surface area contributed by atoms with Crippen molar-refractivity contribution in [2.75, 3.05) is 0 Å². The third-order valence-electron chi connectivity index (χ3n) is 2.55. The molecule has 0 amide bonds. The zero-order chi connectivity index (χ0) is 13.9. The number of hydrogen-bond acceptors (Lipinski definition) is 5. The highest BCUT2D eigenvalue weighted by molar-refractivity contribution is 7.90. The summed E-state index contributed by atoms with van der Waals surface area (Å²) in [4.78, 5) is 4.01. The van der Waals surface area contributed by atoms with Crippen molar-refractivity contribution in [3.05, 3.63) is 42.0 Å². The van der Waals surface area contributed by atoms with Gasteiger partial charge >= 0.3 is 0 Å². The molecule has 0 aliphatic heterocycles. The molecular weight excluding hydrogens is 264 g/mol. The Morgan fingerprint density at radius 1 is 1.37 bits per heavy atom. The fraction of sp³-hybridized carbons (Fsp3) is 0.385. The van der Waals surface area contributed by atoms with Crippen molar-refractivity contribution in [1.82, 2.24) is 10.1 Å². The number of hydrogen-bond donors (Lipinski definition) is 0. The summed E-state index contributed by atoms with van der Waals surface area (Å²) in [6, 6.07) is 4.82. The van der Waals surface area contributed by atoms with Gasteiger partial charge < -0.3 is 4.52 Å². The number of sulfone groups is 1. The molecule has 19 heavy (non-hydrogen) atoms. The lowest BCUT2D eigenvalue weighted by Crippen LogP contribution is -2.05. The Balaban J connectivity index is 2.15. The summed E-state index contributed by atoms with van der Waals surface area (Å²) >= 11 is 0. The molecule has 6 heteroatoms. The summed E-state index contributed by atoms with van der Waals surface area (Å²) in [5.41, 5.74) is 0.430. The molecule has 0 radical (unpaired) electrons. The third-order valence-corrected chi connectivity index (χ3v) is 4.18. The minimum atomic E-state index is -3.41. The predicted octanol–water partition coefficient (Wildman–Crippen LogP) is 2.24. The lowest BCUT2D eigenvalue weighted by molar-refractivity contribution is 0.365. The fourth-order valence-corrected chi connectivity index (χ4v) is 2.93. The first-order valence-electron chi connectivity index (χ1n) is 6.04. The van der Waals surface area contributed by atoms with Gasteiger partial charge in [0.05, 0.1) is 10.6 Å². The van der Waals surface area contributed by atoms with Crippen LogP contribution in [0, 0.1) is 5.92 Å². The average molecular weight is 280 g/mol. The van der Waals surface area contributed by atoms with E-state index in [0.717, 1.165) is 6.42 Å². The van der Waals surface area contributed by atoms with Crippen molar-refractivity contribution in [3.8, 4) is 0 Å². The fourth-order valence-electron chi connectivity index (χ4n) is 1.73. The van der Waals surface area contributed by atoms with E-state index in [1.165, 1.54) is 18.5 Å². The zero-order valence-corrected chi connectivity index (χ0v) is 11.7. The van der Waals surface area contributed by atoms with Crippen LogP contribution in [0.25, 0.3) is 0 Å². The van der Waals surface area contributed by atoms with E-state index < -0.39 is 9.84 Å². The Labute approximate surface area is 112 Å². The second-order valence-electron chi connectivity index (χ2n) is 4.83. The summed E-state index contributed by atoms with van der Waals surface area (Å²) in [5, 5.41) is 3.81. The van der Waals surface area contributed by atoms with E-state index in [-0.39, 0.29) is 10.6 Å². The van der Waals surface area contributed by atoms with Crippen LogP contribution in [0.4, 0.5) is 0 Å². The maximum Gasteiger partial charge on any atom is 0.185 e. The van der Waals surface area contributed by atoms with Crippen LogP contribution in [0.3, 0.4) is 0 Å². The molecular formula is C13H16N2O3S. The van der Waals surface area contributed by atoms with Crippen LogP contribution >= 0.6 is 0 Å². The van der Waals surface area contributed by atoms with E-state index in [1.54, 1.807) is 12.1 Å². The Morgan fingerprint density at radius 3 is 2.79 bits per heavy atom. The quantitative estimate of drug-likeness (QED) is 0.839. The van der Waals surface area contributed by atoms with Crippen LogP contribution in [0.1, 0.15) is 25.3 Å². The minimum Gasteiger partial charge on any atom is -0.361 e. The van der Waals surface area contributed by atoms with Gasteiger partial charge in [0.15, 0.2) is 9.84 Å². The Hall–Kier alpha value is -1.69. The van der Waals surface area contributed by atoms with E-state index >= 15 is 0 Å².